The predicted octanol–water partition coefficient (Wildman–Crippen LogP) is 3.22. The van der Waals surface area contributed by atoms with Crippen LogP contribution in [0.4, 0.5) is 5.69 Å². The van der Waals surface area contributed by atoms with Crippen molar-refractivity contribution in [2.45, 2.75) is 6.61 Å². The molecule has 0 saturated heterocycles. The van der Waals surface area contributed by atoms with Crippen LogP contribution in [0.5, 0.6) is 5.75 Å². The van der Waals surface area contributed by atoms with Crippen LogP contribution in [0.2, 0.25) is 5.02 Å². The molecule has 0 aliphatic rings. The first kappa shape index (κ1) is 12.3. The number of nitro groups is 1. The average molecular weight is 265 g/mol. The summed E-state index contributed by atoms with van der Waals surface area (Å²) >= 11 is 5.77. The molecule has 1 heterocycles. The molecule has 1 aromatic carbocycles. The lowest BCUT2D eigenvalue weighted by atomic mass is 10.3. The lowest BCUT2D eigenvalue weighted by Crippen LogP contribution is -1.96. The summed E-state index contributed by atoms with van der Waals surface area (Å²) in [6.07, 6.45) is 3.34. The molecule has 6 heteroatoms. The molecule has 0 spiro atoms. The van der Waals surface area contributed by atoms with Gasteiger partial charge in [0.05, 0.1) is 4.92 Å². The Balaban J connectivity index is 2.07. The predicted molar refractivity (Wildman–Crippen MR) is 66.7 cm³/mol. The third kappa shape index (κ3) is 2.95. The fourth-order valence-electron chi connectivity index (χ4n) is 1.37. The van der Waals surface area contributed by atoms with Gasteiger partial charge in [-0.3, -0.25) is 15.1 Å². The zero-order valence-electron chi connectivity index (χ0n) is 9.25. The number of pyridine rings is 1. The zero-order chi connectivity index (χ0) is 13.0. The van der Waals surface area contributed by atoms with Crippen molar-refractivity contribution >= 4 is 17.3 Å². The molecule has 0 bridgehead atoms. The fourth-order valence-corrected chi connectivity index (χ4v) is 1.61. The van der Waals surface area contributed by atoms with Crippen molar-refractivity contribution in [1.29, 1.82) is 0 Å². The van der Waals surface area contributed by atoms with Crippen LogP contribution in [-0.4, -0.2) is 9.91 Å². The van der Waals surface area contributed by atoms with Gasteiger partial charge >= 0.3 is 0 Å². The number of halogens is 1. The number of benzene rings is 1. The Bertz CT molecular complexity index is 561. The SMILES string of the molecule is O=[N+]([O-])c1ccc(OCc2ccncc2)cc1Cl. The Morgan fingerprint density at radius 3 is 2.61 bits per heavy atom. The third-order valence-electron chi connectivity index (χ3n) is 2.27. The maximum Gasteiger partial charge on any atom is 0.288 e. The molecular formula is C12H9ClN2O3. The van der Waals surface area contributed by atoms with Crippen LogP contribution in [0.1, 0.15) is 5.56 Å². The van der Waals surface area contributed by atoms with E-state index in [1.807, 2.05) is 12.1 Å². The number of ether oxygens (including phenoxy) is 1. The smallest absolute Gasteiger partial charge is 0.288 e. The molecular weight excluding hydrogens is 256 g/mol. The van der Waals surface area contributed by atoms with Crippen LogP contribution in [0.3, 0.4) is 0 Å². The molecule has 18 heavy (non-hydrogen) atoms. The molecule has 0 unspecified atom stereocenters. The number of nitrogens with zero attached hydrogens (tertiary/aromatic N) is 2. The standard InChI is InChI=1S/C12H9ClN2O3/c13-11-7-10(1-2-12(11)15(16)17)18-8-9-3-5-14-6-4-9/h1-7H,8H2. The monoisotopic (exact) mass is 264 g/mol. The zero-order valence-corrected chi connectivity index (χ0v) is 10.0. The molecule has 5 nitrogen and oxygen atoms in total. The first-order valence-corrected chi connectivity index (χ1v) is 5.50. The number of hydrogen-bond donors (Lipinski definition) is 0. The number of nitro benzene ring substituents is 1. The summed E-state index contributed by atoms with van der Waals surface area (Å²) in [6.45, 7) is 0.358. The van der Waals surface area contributed by atoms with E-state index in [-0.39, 0.29) is 10.7 Å². The van der Waals surface area contributed by atoms with Crippen LogP contribution >= 0.6 is 11.6 Å². The molecule has 0 amide bonds. The minimum Gasteiger partial charge on any atom is -0.489 e. The number of rotatable bonds is 4. The van der Waals surface area contributed by atoms with Crippen LogP contribution in [0.15, 0.2) is 42.7 Å². The lowest BCUT2D eigenvalue weighted by Gasteiger charge is -2.06. The van der Waals surface area contributed by atoms with Gasteiger partial charge in [0.15, 0.2) is 0 Å². The molecule has 1 aromatic heterocycles. The average Bonchev–Trinajstić information content (AvgIpc) is 2.37. The van der Waals surface area contributed by atoms with E-state index in [1.165, 1.54) is 18.2 Å². The first-order chi connectivity index (χ1) is 8.66. The van der Waals surface area contributed by atoms with Gasteiger partial charge in [-0.25, -0.2) is 0 Å². The molecule has 2 aromatic rings. The lowest BCUT2D eigenvalue weighted by molar-refractivity contribution is -0.384. The Morgan fingerprint density at radius 1 is 1.28 bits per heavy atom. The second-order valence-electron chi connectivity index (χ2n) is 3.51. The summed E-state index contributed by atoms with van der Waals surface area (Å²) in [5, 5.41) is 10.6. The van der Waals surface area contributed by atoms with Crippen LogP contribution < -0.4 is 4.74 Å². The van der Waals surface area contributed by atoms with E-state index >= 15 is 0 Å². The Kier molecular flexibility index (Phi) is 3.74. The molecule has 0 radical (unpaired) electrons. The molecule has 0 saturated carbocycles. The Labute approximate surface area is 108 Å². The molecule has 0 atom stereocenters. The van der Waals surface area contributed by atoms with Gasteiger partial charge in [-0.2, -0.15) is 0 Å². The van der Waals surface area contributed by atoms with Gasteiger partial charge in [0.1, 0.15) is 17.4 Å². The van der Waals surface area contributed by atoms with Gasteiger partial charge in [0.2, 0.25) is 0 Å². The van der Waals surface area contributed by atoms with Crippen molar-refractivity contribution in [3.63, 3.8) is 0 Å². The summed E-state index contributed by atoms with van der Waals surface area (Å²) in [7, 11) is 0. The normalized spacial score (nSPS) is 10.1. The van der Waals surface area contributed by atoms with Crippen LogP contribution in [-0.2, 0) is 6.61 Å². The topological polar surface area (TPSA) is 65.3 Å². The highest BCUT2D eigenvalue weighted by molar-refractivity contribution is 6.32. The quantitative estimate of drug-likeness (QED) is 0.628. The largest absolute Gasteiger partial charge is 0.489 e. The Hall–Kier alpha value is -2.14. The van der Waals surface area contributed by atoms with Gasteiger partial charge in [0.25, 0.3) is 5.69 Å². The molecule has 0 aliphatic carbocycles. The van der Waals surface area contributed by atoms with Crippen molar-refractivity contribution in [1.82, 2.24) is 4.98 Å². The van der Waals surface area contributed by atoms with E-state index in [9.17, 15) is 10.1 Å². The summed E-state index contributed by atoms with van der Waals surface area (Å²) in [6, 6.07) is 7.93. The van der Waals surface area contributed by atoms with Crippen molar-refractivity contribution in [2.24, 2.45) is 0 Å². The van der Waals surface area contributed by atoms with E-state index in [0.29, 0.717) is 12.4 Å². The van der Waals surface area contributed by atoms with E-state index in [4.69, 9.17) is 16.3 Å². The number of hydrogen-bond acceptors (Lipinski definition) is 4. The minimum absolute atomic E-state index is 0.0622. The third-order valence-corrected chi connectivity index (χ3v) is 2.57. The Morgan fingerprint density at radius 2 is 2.00 bits per heavy atom. The van der Waals surface area contributed by atoms with Gasteiger partial charge < -0.3 is 4.74 Å². The molecule has 0 fully saturated rings. The van der Waals surface area contributed by atoms with Crippen molar-refractivity contribution < 1.29 is 9.66 Å². The first-order valence-electron chi connectivity index (χ1n) is 5.12. The van der Waals surface area contributed by atoms with Gasteiger partial charge in [0, 0.05) is 24.5 Å². The van der Waals surface area contributed by atoms with Gasteiger partial charge in [-0.1, -0.05) is 11.6 Å². The van der Waals surface area contributed by atoms with Crippen molar-refractivity contribution in [3.05, 3.63) is 63.4 Å². The summed E-state index contributed by atoms with van der Waals surface area (Å²) in [4.78, 5) is 13.9. The molecule has 0 N–H and O–H groups in total. The van der Waals surface area contributed by atoms with Crippen LogP contribution in [0.25, 0.3) is 0 Å². The van der Waals surface area contributed by atoms with Crippen molar-refractivity contribution in [3.8, 4) is 5.75 Å². The highest BCUT2D eigenvalue weighted by atomic mass is 35.5. The van der Waals surface area contributed by atoms with E-state index in [2.05, 4.69) is 4.98 Å². The molecule has 92 valence electrons. The fraction of sp³-hybridized carbons (Fsp3) is 0.0833. The van der Waals surface area contributed by atoms with Crippen molar-refractivity contribution in [2.75, 3.05) is 0 Å². The second-order valence-corrected chi connectivity index (χ2v) is 3.92. The molecule has 2 rings (SSSR count). The number of aromatic nitrogens is 1. The maximum atomic E-state index is 10.6. The van der Waals surface area contributed by atoms with Crippen LogP contribution in [0, 0.1) is 10.1 Å². The molecule has 0 aliphatic heterocycles. The highest BCUT2D eigenvalue weighted by Crippen LogP contribution is 2.28. The maximum absolute atomic E-state index is 10.6. The summed E-state index contributed by atoms with van der Waals surface area (Å²) < 4.78 is 5.47. The van der Waals surface area contributed by atoms with E-state index < -0.39 is 4.92 Å². The van der Waals surface area contributed by atoms with E-state index in [0.717, 1.165) is 5.56 Å². The highest BCUT2D eigenvalue weighted by Gasteiger charge is 2.12. The minimum atomic E-state index is -0.533. The van der Waals surface area contributed by atoms with Gasteiger partial charge in [-0.15, -0.1) is 0 Å². The van der Waals surface area contributed by atoms with E-state index in [1.54, 1.807) is 12.4 Å². The second kappa shape index (κ2) is 5.46. The summed E-state index contributed by atoms with van der Waals surface area (Å²) in [5.74, 6) is 0.488. The summed E-state index contributed by atoms with van der Waals surface area (Å²) in [5.41, 5.74) is 0.826. The van der Waals surface area contributed by atoms with Gasteiger partial charge in [-0.05, 0) is 23.8 Å².